The molecule has 7 heteroatoms. The summed E-state index contributed by atoms with van der Waals surface area (Å²) >= 11 is 0. The van der Waals surface area contributed by atoms with Crippen molar-refractivity contribution in [1.82, 2.24) is 15.6 Å². The van der Waals surface area contributed by atoms with Gasteiger partial charge in [-0.15, -0.1) is 24.0 Å². The molecule has 0 aromatic carbocycles. The van der Waals surface area contributed by atoms with Crippen molar-refractivity contribution in [2.75, 3.05) is 33.4 Å². The average molecular weight is 420 g/mol. The Morgan fingerprint density at radius 3 is 3.00 bits per heavy atom. The largest absolute Gasteiger partial charge is 0.490 e. The molecule has 2 rings (SSSR count). The fourth-order valence-corrected chi connectivity index (χ4v) is 2.24. The summed E-state index contributed by atoms with van der Waals surface area (Å²) in [5, 5.41) is 6.52. The number of hydrogen-bond donors (Lipinski definition) is 2. The summed E-state index contributed by atoms with van der Waals surface area (Å²) in [4.78, 5) is 8.20. The number of guanidine groups is 1. The first-order valence-electron chi connectivity index (χ1n) is 7.33. The smallest absolute Gasteiger partial charge is 0.191 e. The SMILES string of the molecule is CN=C(NCCOc1cccnc1)NCC1(C)CCCO1.I. The highest BCUT2D eigenvalue weighted by atomic mass is 127. The van der Waals surface area contributed by atoms with Gasteiger partial charge >= 0.3 is 0 Å². The van der Waals surface area contributed by atoms with Crippen molar-refractivity contribution in [2.45, 2.75) is 25.4 Å². The van der Waals surface area contributed by atoms with E-state index >= 15 is 0 Å². The van der Waals surface area contributed by atoms with Crippen LogP contribution in [-0.4, -0.2) is 49.9 Å². The quantitative estimate of drug-likeness (QED) is 0.318. The summed E-state index contributed by atoms with van der Waals surface area (Å²) in [6, 6.07) is 3.74. The van der Waals surface area contributed by atoms with Gasteiger partial charge in [0.2, 0.25) is 0 Å². The summed E-state index contributed by atoms with van der Waals surface area (Å²) in [7, 11) is 1.76. The maximum atomic E-state index is 5.74. The Balaban J connectivity index is 0.00000242. The molecule has 2 heterocycles. The van der Waals surface area contributed by atoms with E-state index in [2.05, 4.69) is 27.5 Å². The third-order valence-electron chi connectivity index (χ3n) is 3.45. The fraction of sp³-hybridized carbons (Fsp3) is 0.600. The summed E-state index contributed by atoms with van der Waals surface area (Å²) in [6.45, 7) is 4.97. The Bertz CT molecular complexity index is 450. The van der Waals surface area contributed by atoms with Crippen LogP contribution in [0, 0.1) is 0 Å². The van der Waals surface area contributed by atoms with Crippen molar-refractivity contribution in [1.29, 1.82) is 0 Å². The minimum absolute atomic E-state index is 0. The maximum absolute atomic E-state index is 5.74. The van der Waals surface area contributed by atoms with E-state index in [1.165, 1.54) is 0 Å². The Kier molecular flexibility index (Phi) is 8.47. The number of rotatable bonds is 6. The van der Waals surface area contributed by atoms with Gasteiger partial charge in [-0.2, -0.15) is 0 Å². The minimum Gasteiger partial charge on any atom is -0.490 e. The van der Waals surface area contributed by atoms with Crippen molar-refractivity contribution >= 4 is 29.9 Å². The number of pyridine rings is 1. The van der Waals surface area contributed by atoms with Gasteiger partial charge in [0, 0.05) is 26.4 Å². The molecule has 0 saturated carbocycles. The third kappa shape index (κ3) is 6.35. The second-order valence-corrected chi connectivity index (χ2v) is 5.29. The average Bonchev–Trinajstić information content (AvgIpc) is 2.95. The molecule has 22 heavy (non-hydrogen) atoms. The van der Waals surface area contributed by atoms with Crippen molar-refractivity contribution in [3.8, 4) is 5.75 Å². The molecule has 0 amide bonds. The van der Waals surface area contributed by atoms with Gasteiger partial charge in [-0.1, -0.05) is 0 Å². The first-order valence-corrected chi connectivity index (χ1v) is 7.33. The van der Waals surface area contributed by atoms with Crippen LogP contribution >= 0.6 is 24.0 Å². The molecule has 2 N–H and O–H groups in total. The number of aromatic nitrogens is 1. The highest BCUT2D eigenvalue weighted by Crippen LogP contribution is 2.23. The topological polar surface area (TPSA) is 67.8 Å². The summed E-state index contributed by atoms with van der Waals surface area (Å²) in [5.74, 6) is 1.54. The number of ether oxygens (including phenoxy) is 2. The molecule has 1 saturated heterocycles. The van der Waals surface area contributed by atoms with Crippen LogP contribution in [0.15, 0.2) is 29.5 Å². The molecule has 6 nitrogen and oxygen atoms in total. The van der Waals surface area contributed by atoms with Gasteiger partial charge in [0.05, 0.1) is 18.3 Å². The lowest BCUT2D eigenvalue weighted by atomic mass is 10.0. The summed E-state index contributed by atoms with van der Waals surface area (Å²) in [6.07, 6.45) is 5.64. The molecular weight excluding hydrogens is 395 g/mol. The molecule has 1 aliphatic rings. The van der Waals surface area contributed by atoms with E-state index in [0.29, 0.717) is 13.2 Å². The molecule has 0 bridgehead atoms. The second kappa shape index (κ2) is 9.83. The van der Waals surface area contributed by atoms with Crippen LogP contribution in [0.2, 0.25) is 0 Å². The number of nitrogens with zero attached hydrogens (tertiary/aromatic N) is 2. The Hall–Kier alpha value is -1.09. The van der Waals surface area contributed by atoms with Crippen molar-refractivity contribution in [2.24, 2.45) is 4.99 Å². The molecular formula is C15H25IN4O2. The molecule has 1 aliphatic heterocycles. The zero-order chi connectivity index (χ0) is 15.0. The fourth-order valence-electron chi connectivity index (χ4n) is 2.24. The van der Waals surface area contributed by atoms with Gasteiger partial charge in [-0.3, -0.25) is 9.98 Å². The van der Waals surface area contributed by atoms with E-state index in [0.717, 1.165) is 37.7 Å². The Morgan fingerprint density at radius 1 is 1.50 bits per heavy atom. The predicted octanol–water partition coefficient (Wildman–Crippen LogP) is 1.81. The Labute approximate surface area is 149 Å². The molecule has 0 spiro atoms. The molecule has 1 aromatic rings. The van der Waals surface area contributed by atoms with E-state index in [1.54, 1.807) is 19.4 Å². The molecule has 0 radical (unpaired) electrons. The lowest BCUT2D eigenvalue weighted by molar-refractivity contribution is 0.0243. The minimum atomic E-state index is -0.0795. The van der Waals surface area contributed by atoms with E-state index in [9.17, 15) is 0 Å². The standard InChI is InChI=1S/C15H24N4O2.HI/c1-15(6-4-9-21-15)12-19-14(16-2)18-8-10-20-13-5-3-7-17-11-13;/h3,5,7,11H,4,6,8-10,12H2,1-2H3,(H2,16,18,19);1H. The second-order valence-electron chi connectivity index (χ2n) is 5.29. The lowest BCUT2D eigenvalue weighted by Gasteiger charge is -2.24. The van der Waals surface area contributed by atoms with Gasteiger partial charge in [0.25, 0.3) is 0 Å². The van der Waals surface area contributed by atoms with Crippen molar-refractivity contribution < 1.29 is 9.47 Å². The molecule has 124 valence electrons. The van der Waals surface area contributed by atoms with Crippen LogP contribution in [0.5, 0.6) is 5.75 Å². The predicted molar refractivity (Wildman–Crippen MR) is 98.1 cm³/mol. The normalized spacial score (nSPS) is 21.1. The first-order chi connectivity index (χ1) is 10.2. The van der Waals surface area contributed by atoms with E-state index in [-0.39, 0.29) is 29.6 Å². The number of nitrogens with one attached hydrogen (secondary N) is 2. The molecule has 1 unspecified atom stereocenters. The monoisotopic (exact) mass is 420 g/mol. The number of hydrogen-bond acceptors (Lipinski definition) is 4. The number of halogens is 1. The van der Waals surface area contributed by atoms with E-state index in [1.807, 2.05) is 12.1 Å². The highest BCUT2D eigenvalue weighted by molar-refractivity contribution is 14.0. The van der Waals surface area contributed by atoms with Gasteiger partial charge in [-0.05, 0) is 31.9 Å². The lowest BCUT2D eigenvalue weighted by Crippen LogP contribution is -2.46. The van der Waals surface area contributed by atoms with Crippen LogP contribution in [0.25, 0.3) is 0 Å². The third-order valence-corrected chi connectivity index (χ3v) is 3.45. The van der Waals surface area contributed by atoms with Crippen LogP contribution < -0.4 is 15.4 Å². The summed E-state index contributed by atoms with van der Waals surface area (Å²) < 4.78 is 11.3. The van der Waals surface area contributed by atoms with Gasteiger partial charge in [-0.25, -0.2) is 0 Å². The van der Waals surface area contributed by atoms with Crippen LogP contribution in [0.4, 0.5) is 0 Å². The Morgan fingerprint density at radius 2 is 2.36 bits per heavy atom. The van der Waals surface area contributed by atoms with Crippen LogP contribution in [0.3, 0.4) is 0 Å². The number of aliphatic imine (C=N–C) groups is 1. The van der Waals surface area contributed by atoms with Crippen LogP contribution in [-0.2, 0) is 4.74 Å². The maximum Gasteiger partial charge on any atom is 0.191 e. The zero-order valence-electron chi connectivity index (χ0n) is 13.2. The van der Waals surface area contributed by atoms with Crippen molar-refractivity contribution in [3.63, 3.8) is 0 Å². The van der Waals surface area contributed by atoms with Gasteiger partial charge in [0.1, 0.15) is 12.4 Å². The molecule has 0 aliphatic carbocycles. The van der Waals surface area contributed by atoms with E-state index < -0.39 is 0 Å². The van der Waals surface area contributed by atoms with Gasteiger partial charge in [0.15, 0.2) is 5.96 Å². The van der Waals surface area contributed by atoms with Gasteiger partial charge < -0.3 is 20.1 Å². The van der Waals surface area contributed by atoms with Crippen LogP contribution in [0.1, 0.15) is 19.8 Å². The first kappa shape index (κ1) is 19.0. The molecule has 1 fully saturated rings. The molecule has 1 aromatic heterocycles. The van der Waals surface area contributed by atoms with Crippen molar-refractivity contribution in [3.05, 3.63) is 24.5 Å². The van der Waals surface area contributed by atoms with E-state index in [4.69, 9.17) is 9.47 Å². The highest BCUT2D eigenvalue weighted by Gasteiger charge is 2.29. The summed E-state index contributed by atoms with van der Waals surface area (Å²) in [5.41, 5.74) is -0.0795. The molecule has 1 atom stereocenters. The zero-order valence-corrected chi connectivity index (χ0v) is 15.5.